The molecule has 0 aliphatic heterocycles. The van der Waals surface area contributed by atoms with Gasteiger partial charge in [-0.3, -0.25) is 4.79 Å². The normalized spacial score (nSPS) is 13.2. The molecule has 3 rings (SSSR count). The van der Waals surface area contributed by atoms with E-state index in [-0.39, 0.29) is 17.7 Å². The van der Waals surface area contributed by atoms with Crippen LogP contribution in [0.3, 0.4) is 0 Å². The molecule has 174 valence electrons. The highest BCUT2D eigenvalue weighted by Gasteiger charge is 2.31. The minimum atomic E-state index is -0.163. The summed E-state index contributed by atoms with van der Waals surface area (Å²) in [7, 11) is 2.09. The van der Waals surface area contributed by atoms with Crippen LogP contribution in [0.1, 0.15) is 66.2 Å². The number of methoxy groups -OCH3 is 1. The second-order valence-electron chi connectivity index (χ2n) is 8.86. The van der Waals surface area contributed by atoms with Gasteiger partial charge in [0.1, 0.15) is 5.75 Å². The highest BCUT2D eigenvalue weighted by molar-refractivity contribution is 7.48. The summed E-state index contributed by atoms with van der Waals surface area (Å²) in [4.78, 5) is 12.4. The minimum absolute atomic E-state index is 0.119. The predicted molar refractivity (Wildman–Crippen MR) is 140 cm³/mol. The van der Waals surface area contributed by atoms with Gasteiger partial charge in [0.15, 0.2) is 12.6 Å². The first-order valence-corrected chi connectivity index (χ1v) is 12.5. The third-order valence-corrected chi connectivity index (χ3v) is 7.71. The molecule has 0 N–H and O–H groups in total. The molecule has 2 unspecified atom stereocenters. The van der Waals surface area contributed by atoms with Gasteiger partial charge in [0.2, 0.25) is 0 Å². The molecule has 0 spiro atoms. The van der Waals surface area contributed by atoms with Gasteiger partial charge in [0.05, 0.1) is 0 Å². The van der Waals surface area contributed by atoms with Gasteiger partial charge in [-0.15, -0.1) is 0 Å². The van der Waals surface area contributed by atoms with E-state index in [4.69, 9.17) is 9.47 Å². The lowest BCUT2D eigenvalue weighted by atomic mass is 9.91. The van der Waals surface area contributed by atoms with Gasteiger partial charge in [-0.1, -0.05) is 89.0 Å². The third-order valence-electron chi connectivity index (χ3n) is 5.94. The van der Waals surface area contributed by atoms with E-state index in [2.05, 4.69) is 68.4 Å². The summed E-state index contributed by atoms with van der Waals surface area (Å²) in [6.45, 7) is 8.43. The van der Waals surface area contributed by atoms with E-state index in [1.165, 1.54) is 16.7 Å². The first kappa shape index (κ1) is 25.1. The Bertz CT molecular complexity index is 1080. The van der Waals surface area contributed by atoms with Gasteiger partial charge in [0, 0.05) is 23.4 Å². The zero-order chi connectivity index (χ0) is 23.8. The highest BCUT2D eigenvalue weighted by atomic mass is 31.1. The van der Waals surface area contributed by atoms with Crippen molar-refractivity contribution in [2.24, 2.45) is 0 Å². The molecule has 0 fully saturated rings. The number of aryl methyl sites for hydroxylation is 1. The van der Waals surface area contributed by atoms with Gasteiger partial charge in [-0.05, 0) is 55.3 Å². The second kappa shape index (κ2) is 11.6. The largest absolute Gasteiger partial charge is 0.467 e. The van der Waals surface area contributed by atoms with E-state index < -0.39 is 0 Å². The SMILES string of the molecule is CCCC(C)(Pc1ccc(C)cc1C(C)=O)c1cc(Cc2ccccc2)ccc1OCOC. The van der Waals surface area contributed by atoms with Gasteiger partial charge in [0.25, 0.3) is 0 Å². The molecule has 0 aliphatic rings. The predicted octanol–water partition coefficient (Wildman–Crippen LogP) is 6.79. The molecule has 0 radical (unpaired) electrons. The van der Waals surface area contributed by atoms with E-state index in [9.17, 15) is 4.79 Å². The Hall–Kier alpha value is -2.48. The summed E-state index contributed by atoms with van der Waals surface area (Å²) in [5, 5.41) is 0.958. The van der Waals surface area contributed by atoms with E-state index >= 15 is 0 Å². The van der Waals surface area contributed by atoms with Crippen molar-refractivity contribution in [3.63, 3.8) is 0 Å². The Kier molecular flexibility index (Phi) is 8.83. The van der Waals surface area contributed by atoms with Crippen LogP contribution in [-0.2, 0) is 16.3 Å². The molecule has 4 heteroatoms. The van der Waals surface area contributed by atoms with Crippen molar-refractivity contribution in [1.29, 1.82) is 0 Å². The molecule has 0 saturated heterocycles. The van der Waals surface area contributed by atoms with Crippen LogP contribution in [0.5, 0.6) is 5.75 Å². The summed E-state index contributed by atoms with van der Waals surface area (Å²) in [6.07, 6.45) is 2.90. The average Bonchev–Trinajstić information content (AvgIpc) is 2.80. The van der Waals surface area contributed by atoms with Crippen LogP contribution >= 0.6 is 8.58 Å². The van der Waals surface area contributed by atoms with E-state index in [1.54, 1.807) is 14.0 Å². The molecule has 3 nitrogen and oxygen atoms in total. The number of ether oxygens (including phenoxy) is 2. The molecule has 3 aromatic carbocycles. The number of hydrogen-bond donors (Lipinski definition) is 0. The second-order valence-corrected chi connectivity index (χ2v) is 10.7. The zero-order valence-corrected chi connectivity index (χ0v) is 21.4. The number of carbonyl (C=O) groups excluding carboxylic acids is 1. The Balaban J connectivity index is 2.07. The smallest absolute Gasteiger partial charge is 0.188 e. The van der Waals surface area contributed by atoms with Crippen molar-refractivity contribution >= 4 is 19.7 Å². The van der Waals surface area contributed by atoms with E-state index in [0.29, 0.717) is 8.58 Å². The maximum Gasteiger partial charge on any atom is 0.188 e. The molecule has 3 aromatic rings. The van der Waals surface area contributed by atoms with Crippen LogP contribution in [0.15, 0.2) is 66.7 Å². The maximum atomic E-state index is 12.4. The Morgan fingerprint density at radius 1 is 1.00 bits per heavy atom. The molecule has 0 aliphatic carbocycles. The number of hydrogen-bond acceptors (Lipinski definition) is 3. The molecule has 33 heavy (non-hydrogen) atoms. The minimum Gasteiger partial charge on any atom is -0.467 e. The van der Waals surface area contributed by atoms with Crippen molar-refractivity contribution in [3.05, 3.63) is 94.5 Å². The summed E-state index contributed by atoms with van der Waals surface area (Å²) in [5.74, 6) is 0.974. The van der Waals surface area contributed by atoms with Crippen LogP contribution in [0, 0.1) is 6.92 Å². The topological polar surface area (TPSA) is 35.5 Å². The monoisotopic (exact) mass is 462 g/mol. The Labute approximate surface area is 200 Å². The number of ketones is 1. The first-order valence-electron chi connectivity index (χ1n) is 11.5. The molecule has 2 atom stereocenters. The number of Topliss-reactive ketones (excluding diaryl/α,β-unsaturated/α-hetero) is 1. The Morgan fingerprint density at radius 2 is 1.76 bits per heavy atom. The lowest BCUT2D eigenvalue weighted by molar-refractivity contribution is 0.0500. The van der Waals surface area contributed by atoms with Crippen molar-refractivity contribution in [2.75, 3.05) is 13.9 Å². The molecular formula is C29H35O3P. The number of rotatable bonds is 11. The van der Waals surface area contributed by atoms with Crippen LogP contribution in [0.2, 0.25) is 0 Å². The van der Waals surface area contributed by atoms with Crippen molar-refractivity contribution < 1.29 is 14.3 Å². The fraction of sp³-hybridized carbons (Fsp3) is 0.345. The van der Waals surface area contributed by atoms with Gasteiger partial charge in [-0.25, -0.2) is 0 Å². The summed E-state index contributed by atoms with van der Waals surface area (Å²) < 4.78 is 11.3. The standard InChI is InChI=1S/C29H35O3P/c1-6-16-29(4,33-28-15-12-21(2)17-25(28)22(3)30)26-19-24(13-14-27(26)32-20-31-5)18-23-10-8-7-9-11-23/h7-15,17,19,33H,6,16,18,20H2,1-5H3. The average molecular weight is 463 g/mol. The van der Waals surface area contributed by atoms with Crippen molar-refractivity contribution in [1.82, 2.24) is 0 Å². The van der Waals surface area contributed by atoms with Gasteiger partial charge < -0.3 is 9.47 Å². The number of benzene rings is 3. The molecule has 0 saturated carbocycles. The highest BCUT2D eigenvalue weighted by Crippen LogP contribution is 2.49. The van der Waals surface area contributed by atoms with Gasteiger partial charge >= 0.3 is 0 Å². The summed E-state index contributed by atoms with van der Waals surface area (Å²) in [5.41, 5.74) is 5.66. The molecule has 0 bridgehead atoms. The third kappa shape index (κ3) is 6.53. The van der Waals surface area contributed by atoms with Gasteiger partial charge in [-0.2, -0.15) is 0 Å². The number of carbonyl (C=O) groups is 1. The van der Waals surface area contributed by atoms with Crippen molar-refractivity contribution in [3.8, 4) is 5.75 Å². The molecule has 0 amide bonds. The lowest BCUT2D eigenvalue weighted by Crippen LogP contribution is -2.23. The van der Waals surface area contributed by atoms with Crippen LogP contribution in [0.25, 0.3) is 0 Å². The lowest BCUT2D eigenvalue weighted by Gasteiger charge is -2.33. The zero-order valence-electron chi connectivity index (χ0n) is 20.4. The maximum absolute atomic E-state index is 12.4. The van der Waals surface area contributed by atoms with Crippen LogP contribution in [0.4, 0.5) is 0 Å². The summed E-state index contributed by atoms with van der Waals surface area (Å²) in [6, 6.07) is 23.3. The van der Waals surface area contributed by atoms with E-state index in [0.717, 1.165) is 41.4 Å². The summed E-state index contributed by atoms with van der Waals surface area (Å²) >= 11 is 0. The van der Waals surface area contributed by atoms with Crippen LogP contribution < -0.4 is 10.0 Å². The molecular weight excluding hydrogens is 427 g/mol. The van der Waals surface area contributed by atoms with Crippen LogP contribution in [-0.4, -0.2) is 19.7 Å². The molecule has 0 heterocycles. The van der Waals surface area contributed by atoms with E-state index in [1.807, 2.05) is 19.1 Å². The quantitative estimate of drug-likeness (QED) is 0.179. The Morgan fingerprint density at radius 3 is 2.42 bits per heavy atom. The van der Waals surface area contributed by atoms with Crippen molar-refractivity contribution in [2.45, 2.75) is 52.1 Å². The molecule has 0 aromatic heterocycles. The fourth-order valence-electron chi connectivity index (χ4n) is 4.32. The first-order chi connectivity index (χ1) is 15.9. The fourth-order valence-corrected chi connectivity index (χ4v) is 6.17.